The van der Waals surface area contributed by atoms with E-state index in [1.165, 1.54) is 19.3 Å². The minimum atomic E-state index is 0.481. The summed E-state index contributed by atoms with van der Waals surface area (Å²) in [5.74, 6) is 1.73. The summed E-state index contributed by atoms with van der Waals surface area (Å²) in [6.07, 6.45) is 6.19. The Bertz CT molecular complexity index is 197. The summed E-state index contributed by atoms with van der Waals surface area (Å²) in [5, 5.41) is 3.76. The van der Waals surface area contributed by atoms with E-state index >= 15 is 0 Å². The molecule has 0 spiro atoms. The van der Waals surface area contributed by atoms with E-state index in [1.807, 2.05) is 0 Å². The van der Waals surface area contributed by atoms with E-state index in [1.54, 1.807) is 7.11 Å². The molecule has 3 N–H and O–H groups in total. The van der Waals surface area contributed by atoms with Gasteiger partial charge < -0.3 is 15.8 Å². The average Bonchev–Trinajstić information content (AvgIpc) is 2.31. The van der Waals surface area contributed by atoms with Crippen LogP contribution in [-0.2, 0) is 4.74 Å². The molecule has 0 aromatic rings. The molecule has 1 saturated carbocycles. The van der Waals surface area contributed by atoms with Crippen LogP contribution in [0.1, 0.15) is 46.0 Å². The number of hydrogen-bond acceptors (Lipinski definition) is 3. The highest BCUT2D eigenvalue weighted by Crippen LogP contribution is 2.29. The molecular weight excluding hydrogens is 212 g/mol. The quantitative estimate of drug-likeness (QED) is 0.719. The molecule has 1 fully saturated rings. The predicted molar refractivity (Wildman–Crippen MR) is 73.1 cm³/mol. The normalized spacial score (nSPS) is 31.4. The molecule has 0 aromatic heterocycles. The van der Waals surface area contributed by atoms with Gasteiger partial charge in [-0.2, -0.15) is 0 Å². The second-order valence-electron chi connectivity index (χ2n) is 5.71. The largest absolute Gasteiger partial charge is 0.383 e. The molecule has 102 valence electrons. The first-order chi connectivity index (χ1) is 8.17. The number of hydrogen-bond donors (Lipinski definition) is 2. The molecule has 3 nitrogen and oxygen atoms in total. The number of methoxy groups -OCH3 is 1. The molecule has 0 radical (unpaired) electrons. The zero-order chi connectivity index (χ0) is 12.7. The van der Waals surface area contributed by atoms with E-state index in [0.717, 1.165) is 37.8 Å². The Morgan fingerprint density at radius 1 is 1.29 bits per heavy atom. The molecule has 3 heteroatoms. The molecule has 0 aromatic carbocycles. The van der Waals surface area contributed by atoms with Gasteiger partial charge in [-0.05, 0) is 50.5 Å². The van der Waals surface area contributed by atoms with Gasteiger partial charge in [0, 0.05) is 19.2 Å². The summed E-state index contributed by atoms with van der Waals surface area (Å²) >= 11 is 0. The monoisotopic (exact) mass is 242 g/mol. The lowest BCUT2D eigenvalue weighted by Crippen LogP contribution is -2.44. The van der Waals surface area contributed by atoms with Crippen LogP contribution in [0.3, 0.4) is 0 Å². The Labute approximate surface area is 106 Å². The Balaban J connectivity index is 2.33. The van der Waals surface area contributed by atoms with Crippen LogP contribution in [0.2, 0.25) is 0 Å². The van der Waals surface area contributed by atoms with Gasteiger partial charge in [0.2, 0.25) is 0 Å². The highest BCUT2D eigenvalue weighted by molar-refractivity contribution is 4.82. The highest BCUT2D eigenvalue weighted by atomic mass is 16.5. The lowest BCUT2D eigenvalue weighted by molar-refractivity contribution is 0.139. The maximum Gasteiger partial charge on any atom is 0.0615 e. The van der Waals surface area contributed by atoms with Crippen molar-refractivity contribution in [3.8, 4) is 0 Å². The molecule has 0 heterocycles. The molecule has 1 aliphatic carbocycles. The molecule has 17 heavy (non-hydrogen) atoms. The van der Waals surface area contributed by atoms with Gasteiger partial charge in [-0.25, -0.2) is 0 Å². The smallest absolute Gasteiger partial charge is 0.0615 e. The van der Waals surface area contributed by atoms with Crippen molar-refractivity contribution in [2.24, 2.45) is 17.6 Å². The van der Waals surface area contributed by atoms with Crippen molar-refractivity contribution in [2.45, 2.75) is 58.0 Å². The molecule has 1 rings (SSSR count). The van der Waals surface area contributed by atoms with Crippen LogP contribution in [0, 0.1) is 11.8 Å². The molecule has 4 unspecified atom stereocenters. The molecule has 0 bridgehead atoms. The van der Waals surface area contributed by atoms with Gasteiger partial charge in [0.05, 0.1) is 6.61 Å². The predicted octanol–water partition coefficient (Wildman–Crippen LogP) is 2.15. The van der Waals surface area contributed by atoms with Crippen molar-refractivity contribution in [2.75, 3.05) is 20.3 Å². The number of rotatable bonds is 7. The molecule has 0 amide bonds. The van der Waals surface area contributed by atoms with Gasteiger partial charge in [0.15, 0.2) is 0 Å². The first kappa shape index (κ1) is 14.9. The van der Waals surface area contributed by atoms with E-state index in [2.05, 4.69) is 19.2 Å². The number of nitrogens with one attached hydrogen (secondary N) is 1. The minimum absolute atomic E-state index is 0.481. The van der Waals surface area contributed by atoms with Crippen molar-refractivity contribution in [3.05, 3.63) is 0 Å². The molecule has 0 aliphatic heterocycles. The molecule has 0 saturated heterocycles. The summed E-state index contributed by atoms with van der Waals surface area (Å²) in [6, 6.07) is 1.16. The standard InChI is InChI=1S/C14H30N2O/c1-11-6-7-13(9-12(11)2)16-14(10-17-3)5-4-8-15/h11-14,16H,4-10,15H2,1-3H3. The second-order valence-corrected chi connectivity index (χ2v) is 5.71. The van der Waals surface area contributed by atoms with Crippen LogP contribution in [0.25, 0.3) is 0 Å². The summed E-state index contributed by atoms with van der Waals surface area (Å²) in [7, 11) is 1.78. The Morgan fingerprint density at radius 3 is 2.65 bits per heavy atom. The minimum Gasteiger partial charge on any atom is -0.383 e. The zero-order valence-electron chi connectivity index (χ0n) is 11.7. The summed E-state index contributed by atoms with van der Waals surface area (Å²) in [4.78, 5) is 0. The van der Waals surface area contributed by atoms with Crippen LogP contribution >= 0.6 is 0 Å². The lowest BCUT2D eigenvalue weighted by atomic mass is 9.79. The number of ether oxygens (including phenoxy) is 1. The van der Waals surface area contributed by atoms with Gasteiger partial charge in [-0.15, -0.1) is 0 Å². The van der Waals surface area contributed by atoms with Crippen LogP contribution in [0.4, 0.5) is 0 Å². The van der Waals surface area contributed by atoms with Crippen molar-refractivity contribution in [1.29, 1.82) is 0 Å². The lowest BCUT2D eigenvalue weighted by Gasteiger charge is -2.35. The molecular formula is C14H30N2O. The maximum absolute atomic E-state index is 5.58. The maximum atomic E-state index is 5.58. The van der Waals surface area contributed by atoms with Gasteiger partial charge >= 0.3 is 0 Å². The first-order valence-corrected chi connectivity index (χ1v) is 7.12. The van der Waals surface area contributed by atoms with Crippen LogP contribution in [0.15, 0.2) is 0 Å². The first-order valence-electron chi connectivity index (χ1n) is 7.12. The SMILES string of the molecule is COCC(CCCN)NC1CCC(C)C(C)C1. The Hall–Kier alpha value is -0.120. The van der Waals surface area contributed by atoms with Crippen molar-refractivity contribution in [1.82, 2.24) is 5.32 Å². The molecule has 4 atom stereocenters. The van der Waals surface area contributed by atoms with Crippen molar-refractivity contribution in [3.63, 3.8) is 0 Å². The van der Waals surface area contributed by atoms with E-state index < -0.39 is 0 Å². The van der Waals surface area contributed by atoms with E-state index in [4.69, 9.17) is 10.5 Å². The molecule has 1 aliphatic rings. The van der Waals surface area contributed by atoms with Crippen LogP contribution in [-0.4, -0.2) is 32.3 Å². The fourth-order valence-corrected chi connectivity index (χ4v) is 2.81. The zero-order valence-corrected chi connectivity index (χ0v) is 11.7. The fraction of sp³-hybridized carbons (Fsp3) is 1.00. The van der Waals surface area contributed by atoms with Gasteiger partial charge in [0.25, 0.3) is 0 Å². The fourth-order valence-electron chi connectivity index (χ4n) is 2.81. The Kier molecular flexibility index (Phi) is 7.09. The third-order valence-corrected chi connectivity index (χ3v) is 4.19. The van der Waals surface area contributed by atoms with Crippen molar-refractivity contribution >= 4 is 0 Å². The highest BCUT2D eigenvalue weighted by Gasteiger charge is 2.25. The third-order valence-electron chi connectivity index (χ3n) is 4.19. The summed E-state index contributed by atoms with van der Waals surface area (Å²) in [6.45, 7) is 6.34. The Morgan fingerprint density at radius 2 is 2.06 bits per heavy atom. The van der Waals surface area contributed by atoms with E-state index in [9.17, 15) is 0 Å². The van der Waals surface area contributed by atoms with Gasteiger partial charge in [-0.1, -0.05) is 13.8 Å². The van der Waals surface area contributed by atoms with E-state index in [0.29, 0.717) is 12.1 Å². The van der Waals surface area contributed by atoms with E-state index in [-0.39, 0.29) is 0 Å². The number of nitrogens with two attached hydrogens (primary N) is 1. The van der Waals surface area contributed by atoms with Crippen molar-refractivity contribution < 1.29 is 4.74 Å². The summed E-state index contributed by atoms with van der Waals surface area (Å²) < 4.78 is 5.29. The second kappa shape index (κ2) is 8.06. The van der Waals surface area contributed by atoms with Crippen LogP contribution in [0.5, 0.6) is 0 Å². The topological polar surface area (TPSA) is 47.3 Å². The summed E-state index contributed by atoms with van der Waals surface area (Å²) in [5.41, 5.74) is 5.58. The van der Waals surface area contributed by atoms with Gasteiger partial charge in [0.1, 0.15) is 0 Å². The average molecular weight is 242 g/mol. The third kappa shape index (κ3) is 5.36. The van der Waals surface area contributed by atoms with Crippen LogP contribution < -0.4 is 11.1 Å². The van der Waals surface area contributed by atoms with Gasteiger partial charge in [-0.3, -0.25) is 0 Å².